The first-order valence-corrected chi connectivity index (χ1v) is 12.4. The minimum Gasteiger partial charge on any atom is -0.457 e. The zero-order valence-corrected chi connectivity index (χ0v) is 20.4. The fourth-order valence-electron chi connectivity index (χ4n) is 4.52. The number of hydrogen-bond acceptors (Lipinski definition) is 5. The number of amides is 4. The fraction of sp³-hybridized carbons (Fsp3) is 0.172. The topological polar surface area (TPSA) is 113 Å². The molecule has 38 heavy (non-hydrogen) atoms. The molecule has 4 amide bonds. The van der Waals surface area contributed by atoms with E-state index in [0.29, 0.717) is 54.3 Å². The number of hydrogen-bond donors (Lipinski definition) is 3. The molecule has 3 aromatic carbocycles. The maximum atomic E-state index is 13.0. The highest BCUT2D eigenvalue weighted by Crippen LogP contribution is 2.47. The van der Waals surface area contributed by atoms with E-state index in [1.165, 1.54) is 0 Å². The molecule has 2 aliphatic rings. The summed E-state index contributed by atoms with van der Waals surface area (Å²) in [6.07, 6.45) is 2.69. The molecule has 0 bridgehead atoms. The molecule has 9 heteroatoms. The van der Waals surface area contributed by atoms with Crippen molar-refractivity contribution in [2.45, 2.75) is 12.8 Å². The third-order valence-corrected chi connectivity index (χ3v) is 6.85. The summed E-state index contributed by atoms with van der Waals surface area (Å²) in [6.45, 7) is 1.23. The van der Waals surface area contributed by atoms with Crippen molar-refractivity contribution >= 4 is 45.8 Å². The van der Waals surface area contributed by atoms with Crippen molar-refractivity contribution in [2.75, 3.05) is 28.6 Å². The summed E-state index contributed by atoms with van der Waals surface area (Å²) in [5, 5.41) is 9.31. The van der Waals surface area contributed by atoms with Crippen molar-refractivity contribution in [3.8, 4) is 11.5 Å². The third-order valence-electron chi connectivity index (χ3n) is 6.85. The summed E-state index contributed by atoms with van der Waals surface area (Å²) >= 11 is 0. The van der Waals surface area contributed by atoms with E-state index in [9.17, 15) is 14.4 Å². The Morgan fingerprint density at radius 2 is 1.61 bits per heavy atom. The number of pyridine rings is 1. The Kier molecular flexibility index (Phi) is 5.88. The summed E-state index contributed by atoms with van der Waals surface area (Å²) in [6, 6.07) is 23.4. The van der Waals surface area contributed by atoms with Gasteiger partial charge in [-0.25, -0.2) is 4.79 Å². The van der Waals surface area contributed by atoms with Gasteiger partial charge in [0.15, 0.2) is 0 Å². The third kappa shape index (κ3) is 4.50. The lowest BCUT2D eigenvalue weighted by molar-refractivity contribution is -0.131. The van der Waals surface area contributed by atoms with Crippen molar-refractivity contribution in [1.29, 1.82) is 0 Å². The summed E-state index contributed by atoms with van der Waals surface area (Å²) in [5.74, 6) is 0.599. The number of benzene rings is 3. The Balaban J connectivity index is 1.13. The Morgan fingerprint density at radius 3 is 2.26 bits per heavy atom. The molecule has 0 radical (unpaired) electrons. The molecule has 2 fully saturated rings. The molecule has 6 rings (SSSR count). The van der Waals surface area contributed by atoms with Gasteiger partial charge in [0.2, 0.25) is 11.8 Å². The van der Waals surface area contributed by atoms with Crippen LogP contribution in [0.3, 0.4) is 0 Å². The van der Waals surface area contributed by atoms with E-state index in [-0.39, 0.29) is 17.8 Å². The Labute approximate surface area is 218 Å². The van der Waals surface area contributed by atoms with E-state index in [4.69, 9.17) is 4.74 Å². The first-order chi connectivity index (χ1) is 18.5. The number of anilines is 3. The first-order valence-electron chi connectivity index (χ1n) is 12.4. The lowest BCUT2D eigenvalue weighted by Gasteiger charge is -2.16. The van der Waals surface area contributed by atoms with Crippen LogP contribution >= 0.6 is 0 Å². The second kappa shape index (κ2) is 9.51. The summed E-state index contributed by atoms with van der Waals surface area (Å²) < 4.78 is 6.11. The van der Waals surface area contributed by atoms with Gasteiger partial charge in [-0.15, -0.1) is 0 Å². The zero-order chi connectivity index (χ0) is 26.1. The number of fused-ring (bicyclic) bond motifs is 1. The maximum Gasteiger partial charge on any atom is 0.321 e. The van der Waals surface area contributed by atoms with Crippen molar-refractivity contribution in [1.82, 2.24) is 10.3 Å². The predicted molar refractivity (Wildman–Crippen MR) is 144 cm³/mol. The van der Waals surface area contributed by atoms with Crippen molar-refractivity contribution in [3.05, 3.63) is 85.1 Å². The number of rotatable bonds is 7. The van der Waals surface area contributed by atoms with Gasteiger partial charge in [0, 0.05) is 41.7 Å². The van der Waals surface area contributed by atoms with E-state index in [2.05, 4.69) is 20.9 Å². The van der Waals surface area contributed by atoms with Crippen molar-refractivity contribution < 1.29 is 19.1 Å². The molecule has 1 saturated heterocycles. The van der Waals surface area contributed by atoms with Gasteiger partial charge in [-0.2, -0.15) is 0 Å². The molecule has 9 nitrogen and oxygen atoms in total. The van der Waals surface area contributed by atoms with Crippen LogP contribution in [0.2, 0.25) is 0 Å². The molecule has 190 valence electrons. The zero-order valence-electron chi connectivity index (χ0n) is 20.4. The van der Waals surface area contributed by atoms with Crippen LogP contribution in [0.25, 0.3) is 10.9 Å². The molecular weight excluding hydrogens is 482 g/mol. The smallest absolute Gasteiger partial charge is 0.321 e. The molecule has 1 saturated carbocycles. The second-order valence-corrected chi connectivity index (χ2v) is 9.38. The van der Waals surface area contributed by atoms with Gasteiger partial charge in [0.25, 0.3) is 0 Å². The Morgan fingerprint density at radius 1 is 0.895 bits per heavy atom. The first kappa shape index (κ1) is 23.5. The molecular formula is C29H25N5O4. The van der Waals surface area contributed by atoms with Crippen LogP contribution in [0.1, 0.15) is 12.8 Å². The number of nitrogens with one attached hydrogen (secondary N) is 3. The minimum absolute atomic E-state index is 0.117. The van der Waals surface area contributed by atoms with Gasteiger partial charge in [-0.3, -0.25) is 19.5 Å². The number of para-hydroxylation sites is 1. The van der Waals surface area contributed by atoms with E-state index in [1.54, 1.807) is 53.6 Å². The predicted octanol–water partition coefficient (Wildman–Crippen LogP) is 4.91. The fourth-order valence-corrected chi connectivity index (χ4v) is 4.52. The molecule has 2 heterocycles. The van der Waals surface area contributed by atoms with Gasteiger partial charge in [0.05, 0.1) is 5.52 Å². The molecule has 0 atom stereocenters. The number of carbonyl (C=O) groups excluding carboxylic acids is 3. The molecule has 0 spiro atoms. The van der Waals surface area contributed by atoms with Crippen LogP contribution in [-0.2, 0) is 9.59 Å². The maximum absolute atomic E-state index is 13.0. The average Bonchev–Trinajstić information content (AvgIpc) is 3.65. The van der Waals surface area contributed by atoms with Gasteiger partial charge in [-0.05, 0) is 73.5 Å². The molecule has 3 N–H and O–H groups in total. The van der Waals surface area contributed by atoms with Gasteiger partial charge in [0.1, 0.15) is 16.9 Å². The normalized spacial score (nSPS) is 15.6. The molecule has 4 aromatic rings. The molecule has 1 aromatic heterocycles. The van der Waals surface area contributed by atoms with E-state index >= 15 is 0 Å². The standard InChI is InChI=1S/C29H25N5O4/c35-26(32-19-4-2-1-3-5-19)29(13-14-29)27(36)33-20-6-9-22(10-7-20)38-25-12-15-30-24-18-21(8-11-23(24)25)34-17-16-31-28(34)37/h1-12,15,18H,13-14,16-17H2,(H,31,37)(H,32,35)(H,33,36). The average molecular weight is 508 g/mol. The van der Waals surface area contributed by atoms with Gasteiger partial charge < -0.3 is 20.7 Å². The van der Waals surface area contributed by atoms with Crippen LogP contribution in [0.15, 0.2) is 85.1 Å². The number of aromatic nitrogens is 1. The van der Waals surface area contributed by atoms with Crippen LogP contribution in [0.4, 0.5) is 21.9 Å². The number of nitrogens with zero attached hydrogens (tertiary/aromatic N) is 2. The van der Waals surface area contributed by atoms with E-state index < -0.39 is 5.41 Å². The summed E-state index contributed by atoms with van der Waals surface area (Å²) in [7, 11) is 0. The highest BCUT2D eigenvalue weighted by atomic mass is 16.5. The van der Waals surface area contributed by atoms with Crippen molar-refractivity contribution in [2.24, 2.45) is 5.41 Å². The highest BCUT2D eigenvalue weighted by molar-refractivity contribution is 6.16. The number of carbonyl (C=O) groups is 3. The van der Waals surface area contributed by atoms with Gasteiger partial charge >= 0.3 is 6.03 Å². The quantitative estimate of drug-likeness (QED) is 0.308. The second-order valence-electron chi connectivity index (χ2n) is 9.38. The summed E-state index contributed by atoms with van der Waals surface area (Å²) in [5.41, 5.74) is 1.69. The Hall–Kier alpha value is -4.92. The SMILES string of the molecule is O=C1NCCN1c1ccc2c(Oc3ccc(NC(=O)C4(C(=O)Nc5ccccc5)CC4)cc3)ccnc2c1. The summed E-state index contributed by atoms with van der Waals surface area (Å²) in [4.78, 5) is 43.9. The van der Waals surface area contributed by atoms with Crippen LogP contribution in [-0.4, -0.2) is 35.9 Å². The molecule has 1 aliphatic heterocycles. The van der Waals surface area contributed by atoms with Crippen LogP contribution in [0.5, 0.6) is 11.5 Å². The molecule has 0 unspecified atom stereocenters. The monoisotopic (exact) mass is 507 g/mol. The van der Waals surface area contributed by atoms with Crippen LogP contribution in [0, 0.1) is 5.41 Å². The lowest BCUT2D eigenvalue weighted by Crippen LogP contribution is -2.35. The number of ether oxygens (including phenoxy) is 1. The van der Waals surface area contributed by atoms with E-state index in [0.717, 1.165) is 11.1 Å². The van der Waals surface area contributed by atoms with E-state index in [1.807, 2.05) is 36.4 Å². The minimum atomic E-state index is -1.05. The van der Waals surface area contributed by atoms with Gasteiger partial charge in [-0.1, -0.05) is 18.2 Å². The highest BCUT2D eigenvalue weighted by Gasteiger charge is 2.56. The van der Waals surface area contributed by atoms with Crippen molar-refractivity contribution in [3.63, 3.8) is 0 Å². The largest absolute Gasteiger partial charge is 0.457 e. The van der Waals surface area contributed by atoms with Crippen LogP contribution < -0.4 is 25.6 Å². The Bertz CT molecular complexity index is 1530. The number of urea groups is 1. The lowest BCUT2D eigenvalue weighted by atomic mass is 10.0. The molecule has 1 aliphatic carbocycles.